The number of carbonyl (C=O) groups excluding carboxylic acids is 1. The summed E-state index contributed by atoms with van der Waals surface area (Å²) in [6.07, 6.45) is 7.44. The first-order valence-corrected chi connectivity index (χ1v) is 8.93. The van der Waals surface area contributed by atoms with E-state index >= 15 is 0 Å². The van der Waals surface area contributed by atoms with Crippen molar-refractivity contribution in [1.82, 2.24) is 19.4 Å². The fourth-order valence-corrected chi connectivity index (χ4v) is 4.07. The van der Waals surface area contributed by atoms with Crippen molar-refractivity contribution in [2.45, 2.75) is 25.4 Å². The minimum Gasteiger partial charge on any atom is -0.463 e. The third kappa shape index (κ3) is 1.84. The lowest BCUT2D eigenvalue weighted by Gasteiger charge is -2.29. The van der Waals surface area contributed by atoms with E-state index in [2.05, 4.69) is 14.5 Å². The van der Waals surface area contributed by atoms with Crippen molar-refractivity contribution < 1.29 is 9.21 Å². The van der Waals surface area contributed by atoms with E-state index in [0.29, 0.717) is 11.6 Å². The SMILES string of the molecule is O=C1c2c(-c3cnc4ccoc4c3)c3ncccc3n2CCN1C1CC1. The maximum Gasteiger partial charge on any atom is 0.271 e. The topological polar surface area (TPSA) is 64.2 Å². The molecular weight excluding hydrogens is 328 g/mol. The van der Waals surface area contributed by atoms with Gasteiger partial charge in [0.25, 0.3) is 5.91 Å². The van der Waals surface area contributed by atoms with E-state index in [9.17, 15) is 4.79 Å². The number of nitrogens with zero attached hydrogens (tertiary/aromatic N) is 4. The van der Waals surface area contributed by atoms with E-state index in [1.165, 1.54) is 0 Å². The molecule has 2 aliphatic rings. The van der Waals surface area contributed by atoms with Crippen molar-refractivity contribution >= 4 is 28.0 Å². The first kappa shape index (κ1) is 14.1. The lowest BCUT2D eigenvalue weighted by Crippen LogP contribution is -2.41. The molecule has 4 aromatic rings. The monoisotopic (exact) mass is 344 g/mol. The second kappa shape index (κ2) is 4.94. The molecule has 5 heterocycles. The van der Waals surface area contributed by atoms with Gasteiger partial charge in [0.05, 0.1) is 17.3 Å². The van der Waals surface area contributed by atoms with E-state index in [-0.39, 0.29) is 5.91 Å². The zero-order chi connectivity index (χ0) is 17.3. The summed E-state index contributed by atoms with van der Waals surface area (Å²) in [7, 11) is 0. The summed E-state index contributed by atoms with van der Waals surface area (Å²) >= 11 is 0. The van der Waals surface area contributed by atoms with Gasteiger partial charge in [-0.05, 0) is 31.0 Å². The molecule has 1 amide bonds. The first-order valence-electron chi connectivity index (χ1n) is 8.93. The smallest absolute Gasteiger partial charge is 0.271 e. The molecule has 0 atom stereocenters. The Hall–Kier alpha value is -3.15. The lowest BCUT2D eigenvalue weighted by molar-refractivity contribution is 0.0694. The van der Waals surface area contributed by atoms with Crippen LogP contribution in [0.1, 0.15) is 23.3 Å². The average molecular weight is 344 g/mol. The summed E-state index contributed by atoms with van der Waals surface area (Å²) < 4.78 is 7.64. The second-order valence-electron chi connectivity index (χ2n) is 7.00. The third-order valence-electron chi connectivity index (χ3n) is 5.43. The van der Waals surface area contributed by atoms with Gasteiger partial charge in [0.1, 0.15) is 11.2 Å². The zero-order valence-electron chi connectivity index (χ0n) is 14.1. The molecule has 1 aliphatic heterocycles. The van der Waals surface area contributed by atoms with Gasteiger partial charge in [-0.2, -0.15) is 0 Å². The molecule has 0 saturated heterocycles. The minimum atomic E-state index is 0.103. The molecule has 4 aromatic heterocycles. The fourth-order valence-electron chi connectivity index (χ4n) is 4.07. The van der Waals surface area contributed by atoms with Gasteiger partial charge in [0.15, 0.2) is 5.58 Å². The Bertz CT molecular complexity index is 1190. The van der Waals surface area contributed by atoms with E-state index in [1.54, 1.807) is 12.5 Å². The van der Waals surface area contributed by atoms with Crippen molar-refractivity contribution in [2.75, 3.05) is 6.54 Å². The molecule has 128 valence electrons. The molecule has 1 aliphatic carbocycles. The number of aromatic nitrogens is 3. The third-order valence-corrected chi connectivity index (χ3v) is 5.43. The van der Waals surface area contributed by atoms with Crippen LogP contribution in [0.3, 0.4) is 0 Å². The van der Waals surface area contributed by atoms with Gasteiger partial charge < -0.3 is 13.9 Å². The molecule has 0 N–H and O–H groups in total. The van der Waals surface area contributed by atoms with Gasteiger partial charge >= 0.3 is 0 Å². The number of amides is 1. The van der Waals surface area contributed by atoms with E-state index in [4.69, 9.17) is 4.42 Å². The molecule has 26 heavy (non-hydrogen) atoms. The summed E-state index contributed by atoms with van der Waals surface area (Å²) in [5.74, 6) is 0.103. The highest BCUT2D eigenvalue weighted by Crippen LogP contribution is 2.39. The molecule has 6 nitrogen and oxygen atoms in total. The summed E-state index contributed by atoms with van der Waals surface area (Å²) in [4.78, 5) is 24.4. The number of furan rings is 1. The highest BCUT2D eigenvalue weighted by Gasteiger charge is 2.39. The summed E-state index contributed by atoms with van der Waals surface area (Å²) in [6.45, 7) is 1.57. The standard InChI is InChI=1S/C20H16N4O2/c25-20-19-17(12-10-16-14(22-11-12)5-9-26-16)18-15(2-1-6-21-18)24(19)8-7-23(20)13-3-4-13/h1-2,5-6,9-11,13H,3-4,7-8H2. The van der Waals surface area contributed by atoms with Gasteiger partial charge in [0, 0.05) is 48.7 Å². The first-order chi connectivity index (χ1) is 12.8. The number of pyridine rings is 2. The molecule has 1 saturated carbocycles. The van der Waals surface area contributed by atoms with Gasteiger partial charge in [-0.25, -0.2) is 0 Å². The Kier molecular flexibility index (Phi) is 2.67. The number of fused-ring (bicyclic) bond motifs is 4. The molecule has 6 rings (SSSR count). The Morgan fingerprint density at radius 1 is 1.15 bits per heavy atom. The van der Waals surface area contributed by atoms with Gasteiger partial charge in [0.2, 0.25) is 0 Å². The maximum atomic E-state index is 13.3. The van der Waals surface area contributed by atoms with E-state index in [1.807, 2.05) is 35.4 Å². The average Bonchev–Trinajstić information content (AvgIpc) is 3.30. The van der Waals surface area contributed by atoms with Crippen LogP contribution in [0, 0.1) is 0 Å². The number of rotatable bonds is 2. The van der Waals surface area contributed by atoms with Crippen molar-refractivity contribution in [3.63, 3.8) is 0 Å². The van der Waals surface area contributed by atoms with Crippen LogP contribution < -0.4 is 0 Å². The van der Waals surface area contributed by atoms with Crippen LogP contribution in [-0.2, 0) is 6.54 Å². The van der Waals surface area contributed by atoms with Crippen molar-refractivity contribution in [3.8, 4) is 11.1 Å². The molecule has 6 heteroatoms. The summed E-state index contributed by atoms with van der Waals surface area (Å²) in [5.41, 5.74) is 5.84. The predicted octanol–water partition coefficient (Wildman–Crippen LogP) is 3.46. The van der Waals surface area contributed by atoms with Crippen LogP contribution in [0.4, 0.5) is 0 Å². The van der Waals surface area contributed by atoms with Gasteiger partial charge in [-0.1, -0.05) is 0 Å². The Morgan fingerprint density at radius 2 is 2.08 bits per heavy atom. The van der Waals surface area contributed by atoms with E-state index < -0.39 is 0 Å². The Labute approximate surface area is 149 Å². The van der Waals surface area contributed by atoms with Crippen LogP contribution >= 0.6 is 0 Å². The van der Waals surface area contributed by atoms with Gasteiger partial charge in [-0.3, -0.25) is 14.8 Å². The largest absolute Gasteiger partial charge is 0.463 e. The highest BCUT2D eigenvalue weighted by atomic mass is 16.3. The number of hydrogen-bond donors (Lipinski definition) is 0. The fraction of sp³-hybridized carbons (Fsp3) is 0.250. The highest BCUT2D eigenvalue weighted by molar-refractivity contribution is 6.10. The van der Waals surface area contributed by atoms with Crippen LogP contribution in [-0.4, -0.2) is 37.9 Å². The van der Waals surface area contributed by atoms with Crippen LogP contribution in [0.15, 0.2) is 47.3 Å². The van der Waals surface area contributed by atoms with Crippen molar-refractivity contribution in [1.29, 1.82) is 0 Å². The number of carbonyl (C=O) groups is 1. The van der Waals surface area contributed by atoms with Crippen LogP contribution in [0.25, 0.3) is 33.3 Å². The number of hydrogen-bond acceptors (Lipinski definition) is 4. The van der Waals surface area contributed by atoms with Crippen LogP contribution in [0.5, 0.6) is 0 Å². The minimum absolute atomic E-state index is 0.103. The van der Waals surface area contributed by atoms with Crippen molar-refractivity contribution in [3.05, 3.63) is 48.6 Å². The molecule has 0 unspecified atom stereocenters. The van der Waals surface area contributed by atoms with E-state index in [0.717, 1.165) is 59.3 Å². The van der Waals surface area contributed by atoms with Gasteiger partial charge in [-0.15, -0.1) is 0 Å². The summed E-state index contributed by atoms with van der Waals surface area (Å²) in [6, 6.07) is 8.15. The molecule has 0 radical (unpaired) electrons. The normalized spacial score (nSPS) is 17.2. The zero-order valence-corrected chi connectivity index (χ0v) is 14.1. The molecule has 0 aromatic carbocycles. The quantitative estimate of drug-likeness (QED) is 0.559. The Morgan fingerprint density at radius 3 is 2.96 bits per heavy atom. The molecule has 1 fully saturated rings. The summed E-state index contributed by atoms with van der Waals surface area (Å²) in [5, 5.41) is 0. The molecular formula is C20H16N4O2. The lowest BCUT2D eigenvalue weighted by atomic mass is 10.0. The molecule has 0 bridgehead atoms. The Balaban J connectivity index is 1.65. The predicted molar refractivity (Wildman–Crippen MR) is 96.8 cm³/mol. The van der Waals surface area contributed by atoms with Crippen LogP contribution in [0.2, 0.25) is 0 Å². The molecule has 0 spiro atoms. The second-order valence-corrected chi connectivity index (χ2v) is 7.00. The van der Waals surface area contributed by atoms with Crippen molar-refractivity contribution in [2.24, 2.45) is 0 Å². The maximum absolute atomic E-state index is 13.3.